The van der Waals surface area contributed by atoms with Gasteiger partial charge in [-0.15, -0.1) is 0 Å². The minimum atomic E-state index is -1.37. The lowest BCUT2D eigenvalue weighted by Crippen LogP contribution is -2.28. The van der Waals surface area contributed by atoms with Gasteiger partial charge in [0.25, 0.3) is 0 Å². The first-order valence-corrected chi connectivity index (χ1v) is 14.0. The molecular weight excluding hydrogens is 490 g/mol. The van der Waals surface area contributed by atoms with Gasteiger partial charge >= 0.3 is 0 Å². The van der Waals surface area contributed by atoms with Crippen molar-refractivity contribution in [2.75, 3.05) is 27.4 Å². The predicted molar refractivity (Wildman–Crippen MR) is 156 cm³/mol. The van der Waals surface area contributed by atoms with Gasteiger partial charge in [-0.25, -0.2) is 0 Å². The van der Waals surface area contributed by atoms with Crippen molar-refractivity contribution in [1.29, 1.82) is 0 Å². The topological polar surface area (TPSA) is 77.0 Å². The molecule has 1 amide bonds. The Labute approximate surface area is 233 Å². The smallest absolute Gasteiger partial charge is 0.219 e. The largest absolute Gasteiger partial charge is 0.497 e. The second-order valence-corrected chi connectivity index (χ2v) is 9.76. The minimum absolute atomic E-state index is 0.143. The average molecular weight is 534 g/mol. The second-order valence-electron chi connectivity index (χ2n) is 9.76. The first-order valence-electron chi connectivity index (χ1n) is 14.0. The highest BCUT2D eigenvalue weighted by Crippen LogP contribution is 2.38. The van der Waals surface area contributed by atoms with Gasteiger partial charge < -0.3 is 24.6 Å². The predicted octanol–water partition coefficient (Wildman–Crippen LogP) is 6.62. The van der Waals surface area contributed by atoms with Gasteiger partial charge in [0, 0.05) is 13.0 Å². The van der Waals surface area contributed by atoms with Crippen molar-refractivity contribution < 1.29 is 24.1 Å². The first kappa shape index (κ1) is 30.0. The normalized spacial score (nSPS) is 11.2. The maximum absolute atomic E-state index is 12.1. The van der Waals surface area contributed by atoms with E-state index in [0.717, 1.165) is 66.2 Å². The molecule has 6 nitrogen and oxygen atoms in total. The molecule has 0 bridgehead atoms. The number of carbonyl (C=O) groups excluding carboxylic acids is 1. The molecule has 3 aromatic rings. The average Bonchev–Trinajstić information content (AvgIpc) is 2.98. The van der Waals surface area contributed by atoms with Gasteiger partial charge in [0.05, 0.1) is 20.8 Å². The number of amides is 1. The lowest BCUT2D eigenvalue weighted by Gasteiger charge is -2.30. The Balaban J connectivity index is 1.55. The quantitative estimate of drug-likeness (QED) is 0.151. The van der Waals surface area contributed by atoms with Crippen LogP contribution in [0.2, 0.25) is 0 Å². The summed E-state index contributed by atoms with van der Waals surface area (Å²) in [7, 11) is 3.24. The number of hydrogen-bond donors (Lipinski definition) is 2. The number of carbonyl (C=O) groups is 1. The summed E-state index contributed by atoms with van der Waals surface area (Å²) in [6, 6.07) is 22.5. The fourth-order valence-corrected chi connectivity index (χ4v) is 4.58. The van der Waals surface area contributed by atoms with Gasteiger partial charge in [-0.2, -0.15) is 0 Å². The lowest BCUT2D eigenvalue weighted by molar-refractivity contribution is -0.121. The Kier molecular flexibility index (Phi) is 12.2. The van der Waals surface area contributed by atoms with E-state index < -0.39 is 5.60 Å². The highest BCUT2D eigenvalue weighted by atomic mass is 16.5. The van der Waals surface area contributed by atoms with E-state index in [2.05, 4.69) is 12.2 Å². The van der Waals surface area contributed by atoms with Crippen LogP contribution >= 0.6 is 0 Å². The van der Waals surface area contributed by atoms with Crippen molar-refractivity contribution >= 4 is 5.91 Å². The van der Waals surface area contributed by atoms with Gasteiger partial charge in [-0.05, 0) is 78.8 Å². The number of aliphatic hydroxyl groups is 1. The minimum Gasteiger partial charge on any atom is -0.497 e. The summed E-state index contributed by atoms with van der Waals surface area (Å²) >= 11 is 0. The molecule has 6 heteroatoms. The molecule has 2 N–H and O–H groups in total. The van der Waals surface area contributed by atoms with Gasteiger partial charge in [-0.1, -0.05) is 62.6 Å². The Morgan fingerprint density at radius 3 is 1.67 bits per heavy atom. The van der Waals surface area contributed by atoms with E-state index in [1.165, 1.54) is 19.3 Å². The van der Waals surface area contributed by atoms with Crippen LogP contribution in [0.3, 0.4) is 0 Å². The zero-order valence-corrected chi connectivity index (χ0v) is 23.6. The fourth-order valence-electron chi connectivity index (χ4n) is 4.58. The van der Waals surface area contributed by atoms with E-state index in [1.807, 2.05) is 72.8 Å². The maximum Gasteiger partial charge on any atom is 0.219 e. The van der Waals surface area contributed by atoms with E-state index in [9.17, 15) is 9.90 Å². The molecule has 0 radical (unpaired) electrons. The van der Waals surface area contributed by atoms with Gasteiger partial charge in [-0.3, -0.25) is 4.79 Å². The molecule has 0 aliphatic rings. The summed E-state index contributed by atoms with van der Waals surface area (Å²) in [4.78, 5) is 11.9. The molecular formula is C33H43NO5. The third-order valence-corrected chi connectivity index (χ3v) is 6.96. The highest BCUT2D eigenvalue weighted by molar-refractivity contribution is 5.75. The molecule has 3 aromatic carbocycles. The van der Waals surface area contributed by atoms with Gasteiger partial charge in [0.2, 0.25) is 5.91 Å². The number of benzene rings is 3. The summed E-state index contributed by atoms with van der Waals surface area (Å²) in [5, 5.41) is 15.1. The van der Waals surface area contributed by atoms with Crippen LogP contribution in [-0.2, 0) is 10.4 Å². The van der Waals surface area contributed by atoms with Crippen LogP contribution in [0, 0.1) is 0 Å². The van der Waals surface area contributed by atoms with E-state index in [0.29, 0.717) is 13.0 Å². The summed E-state index contributed by atoms with van der Waals surface area (Å²) in [5.74, 6) is 2.34. The number of rotatable bonds is 17. The van der Waals surface area contributed by atoms with E-state index in [4.69, 9.17) is 14.2 Å². The molecule has 0 saturated carbocycles. The van der Waals surface area contributed by atoms with Crippen LogP contribution in [0.15, 0.2) is 72.8 Å². The van der Waals surface area contributed by atoms with Crippen molar-refractivity contribution in [1.82, 2.24) is 5.32 Å². The second kappa shape index (κ2) is 15.8. The molecule has 3 rings (SSSR count). The highest BCUT2D eigenvalue weighted by Gasteiger charge is 2.34. The van der Waals surface area contributed by atoms with Crippen LogP contribution in [-0.4, -0.2) is 38.4 Å². The zero-order chi connectivity index (χ0) is 27.9. The number of unbranched alkanes of at least 4 members (excludes halogenated alkanes) is 5. The molecule has 0 aliphatic heterocycles. The Morgan fingerprint density at radius 2 is 1.18 bits per heavy atom. The summed E-state index contributed by atoms with van der Waals surface area (Å²) in [5.41, 5.74) is 0.818. The van der Waals surface area contributed by atoms with Gasteiger partial charge in [0.1, 0.15) is 22.8 Å². The van der Waals surface area contributed by atoms with Crippen LogP contribution in [0.4, 0.5) is 0 Å². The van der Waals surface area contributed by atoms with Crippen molar-refractivity contribution in [3.8, 4) is 17.2 Å². The van der Waals surface area contributed by atoms with Crippen molar-refractivity contribution in [3.05, 3.63) is 89.5 Å². The zero-order valence-electron chi connectivity index (χ0n) is 23.6. The Bertz CT molecular complexity index is 1060. The Morgan fingerprint density at radius 1 is 0.692 bits per heavy atom. The number of methoxy groups -OCH3 is 2. The molecule has 0 atom stereocenters. The number of hydrogen-bond acceptors (Lipinski definition) is 5. The summed E-state index contributed by atoms with van der Waals surface area (Å²) in [6.45, 7) is 3.55. The molecule has 0 aromatic heterocycles. The molecule has 0 aliphatic carbocycles. The van der Waals surface area contributed by atoms with Crippen molar-refractivity contribution in [2.24, 2.45) is 0 Å². The third kappa shape index (κ3) is 8.75. The molecule has 0 unspecified atom stereocenters. The SMILES string of the molecule is CCCCCCNC(=O)CCCCCOc1ccc(C(O)(c2ccc(OC)cc2)c2ccc(OC)cc2)cc1. The van der Waals surface area contributed by atoms with Crippen LogP contribution < -0.4 is 19.5 Å². The van der Waals surface area contributed by atoms with E-state index >= 15 is 0 Å². The van der Waals surface area contributed by atoms with Crippen LogP contribution in [0.5, 0.6) is 17.2 Å². The van der Waals surface area contributed by atoms with Crippen LogP contribution in [0.1, 0.15) is 75.0 Å². The maximum atomic E-state index is 12.1. The molecule has 39 heavy (non-hydrogen) atoms. The van der Waals surface area contributed by atoms with Crippen molar-refractivity contribution in [2.45, 2.75) is 63.9 Å². The molecule has 210 valence electrons. The number of nitrogens with one attached hydrogen (secondary N) is 1. The summed E-state index contributed by atoms with van der Waals surface area (Å²) in [6.07, 6.45) is 7.92. The lowest BCUT2D eigenvalue weighted by atomic mass is 9.80. The molecule has 0 heterocycles. The fraction of sp³-hybridized carbons (Fsp3) is 0.424. The molecule has 0 spiro atoms. The standard InChI is InChI=1S/C33H43NO5/c1-4-5-6-9-24-34-32(35)11-8-7-10-25-39-31-22-16-28(17-23-31)33(36,26-12-18-29(37-2)19-13-26)27-14-20-30(38-3)21-15-27/h12-23,36H,4-11,24-25H2,1-3H3,(H,34,35). The van der Waals surface area contributed by atoms with E-state index in [1.54, 1.807) is 14.2 Å². The Hall–Kier alpha value is -3.51. The van der Waals surface area contributed by atoms with E-state index in [-0.39, 0.29) is 5.91 Å². The first-order chi connectivity index (χ1) is 19.0. The number of ether oxygens (including phenoxy) is 3. The van der Waals surface area contributed by atoms with Crippen molar-refractivity contribution in [3.63, 3.8) is 0 Å². The van der Waals surface area contributed by atoms with Crippen LogP contribution in [0.25, 0.3) is 0 Å². The molecule has 0 saturated heterocycles. The summed E-state index contributed by atoms with van der Waals surface area (Å²) < 4.78 is 16.6. The third-order valence-electron chi connectivity index (χ3n) is 6.96. The monoisotopic (exact) mass is 533 g/mol. The molecule has 0 fully saturated rings. The van der Waals surface area contributed by atoms with Gasteiger partial charge in [0.15, 0.2) is 0 Å².